The molecular weight excluding hydrogens is 236 g/mol. The maximum absolute atomic E-state index is 2.33. The molecule has 1 heteroatoms. The van der Waals surface area contributed by atoms with Gasteiger partial charge in [-0.25, -0.2) is 0 Å². The Labute approximate surface area is 110 Å². The van der Waals surface area contributed by atoms with Crippen LogP contribution in [0.3, 0.4) is 0 Å². The highest BCUT2D eigenvalue weighted by Gasteiger charge is 2.19. The van der Waals surface area contributed by atoms with E-state index in [2.05, 4.69) is 60.8 Å². The molecule has 4 rings (SSSR count). The quantitative estimate of drug-likeness (QED) is 0.439. The van der Waals surface area contributed by atoms with Crippen LogP contribution in [0.5, 0.6) is 0 Å². The normalized spacial score (nSPS) is 13.1. The maximum Gasteiger partial charge on any atom is 0.0378 e. The summed E-state index contributed by atoms with van der Waals surface area (Å²) < 4.78 is 0. The minimum atomic E-state index is 1.34. The molecule has 0 nitrogen and oxygen atoms in total. The molecule has 0 amide bonds. The van der Waals surface area contributed by atoms with Gasteiger partial charge < -0.3 is 0 Å². The largest absolute Gasteiger partial charge is 0.144 e. The van der Waals surface area contributed by atoms with Crippen LogP contribution in [-0.4, -0.2) is 0 Å². The van der Waals surface area contributed by atoms with Crippen molar-refractivity contribution >= 4 is 33.8 Å². The number of rotatable bonds is 1. The number of benzene rings is 2. The zero-order valence-corrected chi connectivity index (χ0v) is 10.9. The van der Waals surface area contributed by atoms with E-state index in [0.29, 0.717) is 0 Å². The van der Waals surface area contributed by atoms with Crippen LogP contribution in [0, 0.1) is 6.92 Å². The lowest BCUT2D eigenvalue weighted by Gasteiger charge is -2.05. The number of hydrogen-bond donors (Lipinski definition) is 0. The van der Waals surface area contributed by atoms with Gasteiger partial charge in [0.25, 0.3) is 0 Å². The van der Waals surface area contributed by atoms with Gasteiger partial charge in [0.15, 0.2) is 0 Å². The third kappa shape index (κ3) is 1.25. The summed E-state index contributed by atoms with van der Waals surface area (Å²) in [5, 5.41) is 4.92. The Bertz CT molecular complexity index is 785. The van der Waals surface area contributed by atoms with Gasteiger partial charge in [0.2, 0.25) is 0 Å². The lowest BCUT2D eigenvalue weighted by Crippen LogP contribution is -1.83. The van der Waals surface area contributed by atoms with Crippen molar-refractivity contribution in [1.82, 2.24) is 0 Å². The van der Waals surface area contributed by atoms with Gasteiger partial charge in [-0.2, -0.15) is 0 Å². The van der Waals surface area contributed by atoms with Gasteiger partial charge in [0.1, 0.15) is 0 Å². The standard InChI is InChI=1S/C17H12S/c1-11-8-9-18-17(11)15-10-13-6-2-4-12-5-3-7-14(15)16(12)13/h2-10H,1H3. The van der Waals surface area contributed by atoms with Gasteiger partial charge in [-0.1, -0.05) is 36.4 Å². The van der Waals surface area contributed by atoms with Crippen molar-refractivity contribution < 1.29 is 0 Å². The molecule has 0 atom stereocenters. The highest BCUT2D eigenvalue weighted by atomic mass is 32.1. The van der Waals surface area contributed by atoms with Crippen LogP contribution in [-0.2, 0) is 0 Å². The van der Waals surface area contributed by atoms with E-state index in [1.54, 1.807) is 0 Å². The van der Waals surface area contributed by atoms with Crippen molar-refractivity contribution in [3.63, 3.8) is 0 Å². The fourth-order valence-corrected chi connectivity index (χ4v) is 3.74. The molecule has 3 aromatic rings. The van der Waals surface area contributed by atoms with E-state index < -0.39 is 0 Å². The maximum atomic E-state index is 2.33. The summed E-state index contributed by atoms with van der Waals surface area (Å²) in [7, 11) is 0. The Hall–Kier alpha value is -1.86. The SMILES string of the molecule is Cc1ccsc1C1=Cc2cccc3cccc1c23. The molecule has 1 aliphatic rings. The fraction of sp³-hybridized carbons (Fsp3) is 0.0588. The predicted octanol–water partition coefficient (Wildman–Crippen LogP) is 5.11. The zero-order valence-electron chi connectivity index (χ0n) is 10.1. The molecule has 2 aromatic carbocycles. The minimum Gasteiger partial charge on any atom is -0.144 e. The molecule has 0 radical (unpaired) electrons. The Morgan fingerprint density at radius 1 is 0.944 bits per heavy atom. The number of hydrogen-bond acceptors (Lipinski definition) is 1. The molecule has 0 bridgehead atoms. The van der Waals surface area contributed by atoms with Crippen LogP contribution in [0.25, 0.3) is 22.4 Å². The van der Waals surface area contributed by atoms with Gasteiger partial charge in [0, 0.05) is 10.5 Å². The Kier molecular flexibility index (Phi) is 2.00. The summed E-state index contributed by atoms with van der Waals surface area (Å²) >= 11 is 1.83. The molecule has 0 spiro atoms. The van der Waals surface area contributed by atoms with Crippen LogP contribution in [0.2, 0.25) is 0 Å². The molecule has 0 saturated heterocycles. The first-order valence-corrected chi connectivity index (χ1v) is 7.01. The Morgan fingerprint density at radius 2 is 1.78 bits per heavy atom. The van der Waals surface area contributed by atoms with Crippen LogP contribution >= 0.6 is 11.3 Å². The lowest BCUT2D eigenvalue weighted by atomic mass is 10.0. The highest BCUT2D eigenvalue weighted by molar-refractivity contribution is 7.11. The second-order valence-corrected chi connectivity index (χ2v) is 5.66. The van der Waals surface area contributed by atoms with E-state index >= 15 is 0 Å². The molecule has 1 aliphatic carbocycles. The van der Waals surface area contributed by atoms with Gasteiger partial charge >= 0.3 is 0 Å². The van der Waals surface area contributed by atoms with Gasteiger partial charge in [-0.3, -0.25) is 0 Å². The molecule has 0 aliphatic heterocycles. The summed E-state index contributed by atoms with van der Waals surface area (Å²) in [6.07, 6.45) is 2.33. The summed E-state index contributed by atoms with van der Waals surface area (Å²) in [6.45, 7) is 2.19. The molecular formula is C17H12S. The predicted molar refractivity (Wildman–Crippen MR) is 80.0 cm³/mol. The topological polar surface area (TPSA) is 0 Å². The summed E-state index contributed by atoms with van der Waals surface area (Å²) in [5.41, 5.74) is 5.49. The van der Waals surface area contributed by atoms with E-state index in [4.69, 9.17) is 0 Å². The average molecular weight is 248 g/mol. The lowest BCUT2D eigenvalue weighted by molar-refractivity contribution is 1.52. The first-order chi connectivity index (χ1) is 8.84. The molecule has 86 valence electrons. The van der Waals surface area contributed by atoms with Crippen LogP contribution in [0.4, 0.5) is 0 Å². The van der Waals surface area contributed by atoms with Crippen molar-refractivity contribution in [2.75, 3.05) is 0 Å². The van der Waals surface area contributed by atoms with Crippen LogP contribution < -0.4 is 0 Å². The number of aryl methyl sites for hydroxylation is 1. The minimum absolute atomic E-state index is 1.34. The molecule has 18 heavy (non-hydrogen) atoms. The summed E-state index contributed by atoms with van der Waals surface area (Å²) in [6, 6.07) is 15.3. The molecule has 1 heterocycles. The summed E-state index contributed by atoms with van der Waals surface area (Å²) in [5.74, 6) is 0. The van der Waals surface area contributed by atoms with Crippen molar-refractivity contribution in [1.29, 1.82) is 0 Å². The van der Waals surface area contributed by atoms with E-state index in [9.17, 15) is 0 Å². The first-order valence-electron chi connectivity index (χ1n) is 6.13. The Morgan fingerprint density at radius 3 is 2.56 bits per heavy atom. The monoisotopic (exact) mass is 248 g/mol. The molecule has 1 aromatic heterocycles. The zero-order chi connectivity index (χ0) is 12.1. The fourth-order valence-electron chi connectivity index (χ4n) is 2.78. The molecule has 0 N–H and O–H groups in total. The second kappa shape index (κ2) is 3.56. The molecule has 0 saturated carbocycles. The molecule has 0 unspecified atom stereocenters. The van der Waals surface area contributed by atoms with E-state index in [-0.39, 0.29) is 0 Å². The first kappa shape index (κ1) is 10.1. The van der Waals surface area contributed by atoms with Crippen LogP contribution in [0.15, 0.2) is 47.8 Å². The van der Waals surface area contributed by atoms with Gasteiger partial charge in [-0.05, 0) is 51.9 Å². The second-order valence-electron chi connectivity index (χ2n) is 4.74. The number of thiophene rings is 1. The average Bonchev–Trinajstić information content (AvgIpc) is 2.96. The van der Waals surface area contributed by atoms with Gasteiger partial charge in [0.05, 0.1) is 0 Å². The van der Waals surface area contributed by atoms with E-state index in [0.717, 1.165) is 0 Å². The van der Waals surface area contributed by atoms with E-state index in [1.165, 1.54) is 37.9 Å². The Balaban J connectivity index is 2.07. The third-order valence-corrected chi connectivity index (χ3v) is 4.68. The third-order valence-electron chi connectivity index (χ3n) is 3.63. The van der Waals surface area contributed by atoms with Gasteiger partial charge in [-0.15, -0.1) is 11.3 Å². The van der Waals surface area contributed by atoms with E-state index in [1.807, 2.05) is 11.3 Å². The summed E-state index contributed by atoms with van der Waals surface area (Å²) in [4.78, 5) is 1.40. The van der Waals surface area contributed by atoms with Crippen molar-refractivity contribution in [3.05, 3.63) is 69.4 Å². The van der Waals surface area contributed by atoms with Crippen molar-refractivity contribution in [3.8, 4) is 0 Å². The molecule has 0 fully saturated rings. The van der Waals surface area contributed by atoms with Crippen molar-refractivity contribution in [2.24, 2.45) is 0 Å². The highest BCUT2D eigenvalue weighted by Crippen LogP contribution is 2.42. The van der Waals surface area contributed by atoms with Crippen LogP contribution in [0.1, 0.15) is 21.6 Å². The smallest absolute Gasteiger partial charge is 0.0378 e. The van der Waals surface area contributed by atoms with Crippen molar-refractivity contribution in [2.45, 2.75) is 6.92 Å².